The van der Waals surface area contributed by atoms with Crippen LogP contribution in [0.1, 0.15) is 12.5 Å². The van der Waals surface area contributed by atoms with E-state index in [9.17, 15) is 9.59 Å². The van der Waals surface area contributed by atoms with E-state index in [1.165, 1.54) is 18.3 Å². The van der Waals surface area contributed by atoms with Gasteiger partial charge >= 0.3 is 0 Å². The summed E-state index contributed by atoms with van der Waals surface area (Å²) in [6.45, 7) is 1.38. The van der Waals surface area contributed by atoms with Gasteiger partial charge in [-0.25, -0.2) is 4.98 Å². The van der Waals surface area contributed by atoms with Gasteiger partial charge in [0.25, 0.3) is 0 Å². The largest absolute Gasteiger partial charge is 0.497 e. The van der Waals surface area contributed by atoms with Gasteiger partial charge in [-0.05, 0) is 17.7 Å². The predicted molar refractivity (Wildman–Crippen MR) is 85.0 cm³/mol. The summed E-state index contributed by atoms with van der Waals surface area (Å²) in [4.78, 5) is 27.7. The van der Waals surface area contributed by atoms with Crippen LogP contribution in [0.25, 0.3) is 0 Å². The number of carbonyl (C=O) groups excluding carboxylic acids is 2. The van der Waals surface area contributed by atoms with Crippen molar-refractivity contribution in [2.75, 3.05) is 12.4 Å². The molecule has 6 nitrogen and oxygen atoms in total. The van der Waals surface area contributed by atoms with Crippen molar-refractivity contribution in [3.05, 3.63) is 41.4 Å². The summed E-state index contributed by atoms with van der Waals surface area (Å²) in [5, 5.41) is 7.64. The number of methoxy groups -OCH3 is 1. The lowest BCUT2D eigenvalue weighted by Gasteiger charge is -2.17. The zero-order valence-electron chi connectivity index (χ0n) is 12.3. The normalized spacial score (nSPS) is 11.5. The van der Waals surface area contributed by atoms with Crippen molar-refractivity contribution < 1.29 is 14.3 Å². The minimum Gasteiger partial charge on any atom is -0.497 e. The molecule has 1 unspecified atom stereocenters. The molecular weight excluding hydrogens is 302 g/mol. The maximum atomic E-state index is 12.3. The Bertz CT molecular complexity index is 643. The third kappa shape index (κ3) is 4.56. The van der Waals surface area contributed by atoms with Crippen LogP contribution in [0.3, 0.4) is 0 Å². The highest BCUT2D eigenvalue weighted by molar-refractivity contribution is 7.13. The van der Waals surface area contributed by atoms with Gasteiger partial charge < -0.3 is 15.4 Å². The molecule has 7 heteroatoms. The average Bonchev–Trinajstić information content (AvgIpc) is 2.99. The highest BCUT2D eigenvalue weighted by Gasteiger charge is 2.21. The summed E-state index contributed by atoms with van der Waals surface area (Å²) in [6.07, 6.45) is 1.98. The molecule has 2 aromatic rings. The van der Waals surface area contributed by atoms with Crippen LogP contribution in [0.15, 0.2) is 35.8 Å². The molecular formula is C15H17N3O3S. The average molecular weight is 319 g/mol. The van der Waals surface area contributed by atoms with Crippen molar-refractivity contribution >= 4 is 28.3 Å². The van der Waals surface area contributed by atoms with Crippen molar-refractivity contribution in [3.8, 4) is 5.75 Å². The lowest BCUT2D eigenvalue weighted by Crippen LogP contribution is -2.44. The van der Waals surface area contributed by atoms with Gasteiger partial charge in [0.1, 0.15) is 11.8 Å². The van der Waals surface area contributed by atoms with E-state index in [2.05, 4.69) is 15.6 Å². The van der Waals surface area contributed by atoms with Crippen LogP contribution in [0.2, 0.25) is 0 Å². The Hall–Kier alpha value is -2.41. The quantitative estimate of drug-likeness (QED) is 0.851. The van der Waals surface area contributed by atoms with E-state index in [-0.39, 0.29) is 11.8 Å². The number of amides is 2. The third-order valence-corrected chi connectivity index (χ3v) is 3.62. The Morgan fingerprint density at radius 3 is 2.86 bits per heavy atom. The number of thiazole rings is 1. The lowest BCUT2D eigenvalue weighted by atomic mass is 10.0. The van der Waals surface area contributed by atoms with Gasteiger partial charge in [0.2, 0.25) is 11.8 Å². The molecule has 0 saturated heterocycles. The number of hydrogen-bond donors (Lipinski definition) is 2. The second kappa shape index (κ2) is 7.56. The van der Waals surface area contributed by atoms with Gasteiger partial charge in [0.05, 0.1) is 7.11 Å². The summed E-state index contributed by atoms with van der Waals surface area (Å²) in [7, 11) is 1.58. The van der Waals surface area contributed by atoms with E-state index < -0.39 is 6.04 Å². The van der Waals surface area contributed by atoms with Gasteiger partial charge in [0, 0.05) is 24.9 Å². The smallest absolute Gasteiger partial charge is 0.249 e. The van der Waals surface area contributed by atoms with Crippen molar-refractivity contribution in [1.29, 1.82) is 0 Å². The number of benzene rings is 1. The second-order valence-corrected chi connectivity index (χ2v) is 5.53. The van der Waals surface area contributed by atoms with E-state index in [0.717, 1.165) is 5.56 Å². The fourth-order valence-corrected chi connectivity index (χ4v) is 2.50. The Labute approximate surface area is 132 Å². The van der Waals surface area contributed by atoms with Crippen LogP contribution < -0.4 is 15.4 Å². The monoisotopic (exact) mass is 319 g/mol. The number of carbonyl (C=O) groups is 2. The first kappa shape index (κ1) is 16.0. The molecule has 1 heterocycles. The van der Waals surface area contributed by atoms with E-state index in [1.807, 2.05) is 24.3 Å². The van der Waals surface area contributed by atoms with Crippen molar-refractivity contribution in [3.63, 3.8) is 0 Å². The molecule has 116 valence electrons. The zero-order valence-corrected chi connectivity index (χ0v) is 13.1. The zero-order chi connectivity index (χ0) is 15.9. The topological polar surface area (TPSA) is 80.3 Å². The SMILES string of the molecule is COc1cccc(CC(NC(C)=O)C(=O)Nc2nccs2)c1. The first-order valence-corrected chi connectivity index (χ1v) is 7.57. The molecule has 0 bridgehead atoms. The van der Waals surface area contributed by atoms with Crippen molar-refractivity contribution in [1.82, 2.24) is 10.3 Å². The number of anilines is 1. The first-order valence-electron chi connectivity index (χ1n) is 6.69. The Kier molecular flexibility index (Phi) is 5.48. The summed E-state index contributed by atoms with van der Waals surface area (Å²) in [5.41, 5.74) is 0.896. The summed E-state index contributed by atoms with van der Waals surface area (Å²) in [5.74, 6) is 0.148. The molecule has 0 aliphatic carbocycles. The molecule has 1 aromatic carbocycles. The molecule has 0 aliphatic heterocycles. The van der Waals surface area contributed by atoms with E-state index in [1.54, 1.807) is 18.7 Å². The standard InChI is InChI=1S/C15H17N3O3S/c1-10(19)17-13(14(20)18-15-16-6-7-22-15)9-11-4-3-5-12(8-11)21-2/h3-8,13H,9H2,1-2H3,(H,17,19)(H,16,18,20). The molecule has 0 saturated carbocycles. The fraction of sp³-hybridized carbons (Fsp3) is 0.267. The molecule has 1 atom stereocenters. The van der Waals surface area contributed by atoms with Gasteiger partial charge in [-0.3, -0.25) is 9.59 Å². The first-order chi connectivity index (χ1) is 10.6. The molecule has 1 aromatic heterocycles. The molecule has 2 N–H and O–H groups in total. The van der Waals surface area contributed by atoms with Crippen LogP contribution in [-0.4, -0.2) is 29.9 Å². The van der Waals surface area contributed by atoms with Crippen LogP contribution in [0, 0.1) is 0 Å². The van der Waals surface area contributed by atoms with E-state index in [4.69, 9.17) is 4.74 Å². The summed E-state index contributed by atoms with van der Waals surface area (Å²) < 4.78 is 5.17. The molecule has 2 amide bonds. The number of nitrogens with zero attached hydrogens (tertiary/aromatic N) is 1. The highest BCUT2D eigenvalue weighted by Crippen LogP contribution is 2.15. The summed E-state index contributed by atoms with van der Waals surface area (Å²) >= 11 is 1.32. The fourth-order valence-electron chi connectivity index (χ4n) is 1.97. The second-order valence-electron chi connectivity index (χ2n) is 4.64. The minimum absolute atomic E-state index is 0.262. The molecule has 22 heavy (non-hydrogen) atoms. The molecule has 2 rings (SSSR count). The molecule has 0 radical (unpaired) electrons. The van der Waals surface area contributed by atoms with Crippen LogP contribution in [0.4, 0.5) is 5.13 Å². The van der Waals surface area contributed by atoms with Gasteiger partial charge in [-0.2, -0.15) is 0 Å². The predicted octanol–water partition coefficient (Wildman–Crippen LogP) is 1.84. The highest BCUT2D eigenvalue weighted by atomic mass is 32.1. The molecule has 0 aliphatic rings. The Morgan fingerprint density at radius 2 is 2.23 bits per heavy atom. The molecule has 0 spiro atoms. The van der Waals surface area contributed by atoms with Gasteiger partial charge in [0.15, 0.2) is 5.13 Å². The maximum Gasteiger partial charge on any atom is 0.249 e. The van der Waals surface area contributed by atoms with E-state index in [0.29, 0.717) is 17.3 Å². The number of ether oxygens (including phenoxy) is 1. The van der Waals surface area contributed by atoms with E-state index >= 15 is 0 Å². The number of hydrogen-bond acceptors (Lipinski definition) is 5. The maximum absolute atomic E-state index is 12.3. The summed E-state index contributed by atoms with van der Waals surface area (Å²) in [6, 6.07) is 6.72. The number of rotatable bonds is 6. The van der Waals surface area contributed by atoms with Crippen LogP contribution >= 0.6 is 11.3 Å². The third-order valence-electron chi connectivity index (χ3n) is 2.93. The van der Waals surface area contributed by atoms with Gasteiger partial charge in [-0.1, -0.05) is 12.1 Å². The van der Waals surface area contributed by atoms with Crippen LogP contribution in [-0.2, 0) is 16.0 Å². The van der Waals surface area contributed by atoms with Crippen LogP contribution in [0.5, 0.6) is 5.75 Å². The Balaban J connectivity index is 2.10. The van der Waals surface area contributed by atoms with Crippen molar-refractivity contribution in [2.24, 2.45) is 0 Å². The Morgan fingerprint density at radius 1 is 1.41 bits per heavy atom. The van der Waals surface area contributed by atoms with Crippen molar-refractivity contribution in [2.45, 2.75) is 19.4 Å². The number of aromatic nitrogens is 1. The lowest BCUT2D eigenvalue weighted by molar-refractivity contribution is -0.125. The minimum atomic E-state index is -0.673. The number of nitrogens with one attached hydrogen (secondary N) is 2. The van der Waals surface area contributed by atoms with Gasteiger partial charge in [-0.15, -0.1) is 11.3 Å². The molecule has 0 fully saturated rings.